The molecule has 1 aliphatic rings. The van der Waals surface area contributed by atoms with Crippen LogP contribution in [0.25, 0.3) is 0 Å². The second-order valence-corrected chi connectivity index (χ2v) is 7.73. The van der Waals surface area contributed by atoms with Crippen LogP contribution < -0.4 is 4.90 Å². The zero-order valence-electron chi connectivity index (χ0n) is 19.1. The number of anilines is 1. The van der Waals surface area contributed by atoms with Crippen molar-refractivity contribution in [3.63, 3.8) is 0 Å². The lowest BCUT2D eigenvalue weighted by molar-refractivity contribution is -0.133. The lowest BCUT2D eigenvalue weighted by atomic mass is 10.1. The maximum atomic E-state index is 12.5. The first kappa shape index (κ1) is 24.6. The maximum absolute atomic E-state index is 12.5. The summed E-state index contributed by atoms with van der Waals surface area (Å²) >= 11 is 0. The number of carbonyl (C=O) groups excluding carboxylic acids is 3. The van der Waals surface area contributed by atoms with Gasteiger partial charge in [0.2, 0.25) is 11.8 Å². The van der Waals surface area contributed by atoms with Gasteiger partial charge in [0.25, 0.3) is 0 Å². The smallest absolute Gasteiger partial charge is 0.339 e. The predicted octanol–water partition coefficient (Wildman–Crippen LogP) is 2.73. The summed E-state index contributed by atoms with van der Waals surface area (Å²) in [6.07, 6.45) is 4.87. The molecule has 8 nitrogen and oxygen atoms in total. The molecule has 2 heterocycles. The third-order valence-corrected chi connectivity index (χ3v) is 5.34. The molecule has 0 atom stereocenters. The summed E-state index contributed by atoms with van der Waals surface area (Å²) < 4.78 is 4.98. The number of aromatic nitrogens is 1. The summed E-state index contributed by atoms with van der Waals surface area (Å²) in [6.45, 7) is 10.5. The highest BCUT2D eigenvalue weighted by atomic mass is 16.5. The van der Waals surface area contributed by atoms with Crippen molar-refractivity contribution in [2.24, 2.45) is 0 Å². The average molecular weight is 433 g/mol. The molecule has 2 rings (SSSR count). The van der Waals surface area contributed by atoms with Crippen molar-refractivity contribution in [3.8, 4) is 0 Å². The minimum Gasteiger partial charge on any atom is -0.462 e. The van der Waals surface area contributed by atoms with E-state index in [9.17, 15) is 14.4 Å². The lowest BCUT2D eigenvalue weighted by Crippen LogP contribution is -2.49. The maximum Gasteiger partial charge on any atom is 0.339 e. The molecule has 0 N–H and O–H groups in total. The highest BCUT2D eigenvalue weighted by molar-refractivity contribution is 5.89. The topological polar surface area (TPSA) is 83.1 Å². The molecule has 1 aliphatic heterocycles. The van der Waals surface area contributed by atoms with Gasteiger partial charge in [0, 0.05) is 58.3 Å². The zero-order valence-corrected chi connectivity index (χ0v) is 19.1. The molecule has 0 aromatic carbocycles. The SMILES string of the molecule is CCCN(CCC)C(=O)CCCC(=O)N1CCN(c2ccc(C(=O)OCC)cn2)CC1. The van der Waals surface area contributed by atoms with Crippen molar-refractivity contribution >= 4 is 23.6 Å². The first-order valence-corrected chi connectivity index (χ1v) is 11.4. The first-order chi connectivity index (χ1) is 15.0. The molecule has 0 aliphatic carbocycles. The fourth-order valence-corrected chi connectivity index (χ4v) is 3.70. The Morgan fingerprint density at radius 2 is 1.68 bits per heavy atom. The molecule has 1 aromatic rings. The quantitative estimate of drug-likeness (QED) is 0.500. The highest BCUT2D eigenvalue weighted by Crippen LogP contribution is 2.16. The van der Waals surface area contributed by atoms with Crippen LogP contribution in [0.2, 0.25) is 0 Å². The van der Waals surface area contributed by atoms with Crippen LogP contribution in [-0.4, -0.2) is 78.4 Å². The number of hydrogen-bond donors (Lipinski definition) is 0. The van der Waals surface area contributed by atoms with Gasteiger partial charge in [0.15, 0.2) is 0 Å². The molecule has 1 fully saturated rings. The van der Waals surface area contributed by atoms with Crippen LogP contribution in [0.3, 0.4) is 0 Å². The Morgan fingerprint density at radius 3 is 2.23 bits per heavy atom. The van der Waals surface area contributed by atoms with Crippen molar-refractivity contribution in [3.05, 3.63) is 23.9 Å². The van der Waals surface area contributed by atoms with Crippen LogP contribution in [0.5, 0.6) is 0 Å². The van der Waals surface area contributed by atoms with E-state index in [1.54, 1.807) is 13.0 Å². The molecule has 1 saturated heterocycles. The number of esters is 1. The van der Waals surface area contributed by atoms with Gasteiger partial charge >= 0.3 is 5.97 Å². The summed E-state index contributed by atoms with van der Waals surface area (Å²) in [5.74, 6) is 0.676. The van der Waals surface area contributed by atoms with E-state index in [0.29, 0.717) is 57.6 Å². The summed E-state index contributed by atoms with van der Waals surface area (Å²) in [4.78, 5) is 46.9. The van der Waals surface area contributed by atoms with Gasteiger partial charge in [-0.2, -0.15) is 0 Å². The molecule has 31 heavy (non-hydrogen) atoms. The molecule has 0 saturated carbocycles. The van der Waals surface area contributed by atoms with Crippen LogP contribution in [0.15, 0.2) is 18.3 Å². The second-order valence-electron chi connectivity index (χ2n) is 7.73. The minimum absolute atomic E-state index is 0.107. The van der Waals surface area contributed by atoms with Crippen LogP contribution in [-0.2, 0) is 14.3 Å². The second kappa shape index (κ2) is 12.9. The average Bonchev–Trinajstić information content (AvgIpc) is 2.79. The predicted molar refractivity (Wildman–Crippen MR) is 120 cm³/mol. The summed E-state index contributed by atoms with van der Waals surface area (Å²) in [5.41, 5.74) is 0.436. The molecule has 0 spiro atoms. The fraction of sp³-hybridized carbons (Fsp3) is 0.652. The van der Waals surface area contributed by atoms with E-state index in [1.807, 2.05) is 15.9 Å². The number of piperazine rings is 1. The molecule has 172 valence electrons. The van der Waals surface area contributed by atoms with E-state index < -0.39 is 0 Å². The molecule has 1 aromatic heterocycles. The van der Waals surface area contributed by atoms with E-state index in [1.165, 1.54) is 6.20 Å². The lowest BCUT2D eigenvalue weighted by Gasteiger charge is -2.35. The third kappa shape index (κ3) is 7.52. The van der Waals surface area contributed by atoms with Crippen LogP contribution >= 0.6 is 0 Å². The van der Waals surface area contributed by atoms with Crippen LogP contribution in [0, 0.1) is 0 Å². The zero-order chi connectivity index (χ0) is 22.6. The van der Waals surface area contributed by atoms with Crippen molar-refractivity contribution in [2.45, 2.75) is 52.9 Å². The van der Waals surface area contributed by atoms with Crippen LogP contribution in [0.4, 0.5) is 5.82 Å². The number of ether oxygens (including phenoxy) is 1. The Morgan fingerprint density at radius 1 is 1.00 bits per heavy atom. The minimum atomic E-state index is -0.372. The Balaban J connectivity index is 1.75. The Kier molecular flexibility index (Phi) is 10.3. The normalized spacial score (nSPS) is 13.8. The van der Waals surface area contributed by atoms with Gasteiger partial charge in [-0.3, -0.25) is 9.59 Å². The largest absolute Gasteiger partial charge is 0.462 e. The van der Waals surface area contributed by atoms with E-state index in [0.717, 1.165) is 31.7 Å². The molecule has 0 unspecified atom stereocenters. The van der Waals surface area contributed by atoms with E-state index in [-0.39, 0.29) is 17.8 Å². The van der Waals surface area contributed by atoms with Gasteiger partial charge in [-0.05, 0) is 38.3 Å². The first-order valence-electron chi connectivity index (χ1n) is 11.4. The molecule has 0 bridgehead atoms. The van der Waals surface area contributed by atoms with Crippen LogP contribution in [0.1, 0.15) is 63.2 Å². The number of hydrogen-bond acceptors (Lipinski definition) is 6. The van der Waals surface area contributed by atoms with Crippen molar-refractivity contribution in [1.29, 1.82) is 0 Å². The molecule has 0 radical (unpaired) electrons. The Hall–Kier alpha value is -2.64. The third-order valence-electron chi connectivity index (χ3n) is 5.34. The summed E-state index contributed by atoms with van der Waals surface area (Å²) in [6, 6.07) is 3.53. The molecule has 2 amide bonds. The van der Waals surface area contributed by atoms with Crippen molar-refractivity contribution < 1.29 is 19.1 Å². The standard InChI is InChI=1S/C23H36N4O4/c1-4-12-26(13-5-2)21(28)8-7-9-22(29)27-16-14-25(15-17-27)20-11-10-19(18-24-20)23(30)31-6-3/h10-11,18H,4-9,12-17H2,1-3H3. The van der Waals surface area contributed by atoms with Gasteiger partial charge in [0.05, 0.1) is 12.2 Å². The van der Waals surface area contributed by atoms with Crippen molar-refractivity contribution in [1.82, 2.24) is 14.8 Å². The van der Waals surface area contributed by atoms with Crippen molar-refractivity contribution in [2.75, 3.05) is 50.8 Å². The van der Waals surface area contributed by atoms with Gasteiger partial charge in [-0.25, -0.2) is 9.78 Å². The Bertz CT molecular complexity index is 709. The fourth-order valence-electron chi connectivity index (χ4n) is 3.70. The molecular weight excluding hydrogens is 396 g/mol. The van der Waals surface area contributed by atoms with Gasteiger partial charge < -0.3 is 19.4 Å². The van der Waals surface area contributed by atoms with E-state index in [4.69, 9.17) is 4.74 Å². The number of amides is 2. The summed E-state index contributed by atoms with van der Waals surface area (Å²) in [5, 5.41) is 0. The van der Waals surface area contributed by atoms with Gasteiger partial charge in [-0.15, -0.1) is 0 Å². The van der Waals surface area contributed by atoms with E-state index in [2.05, 4.69) is 23.7 Å². The van der Waals surface area contributed by atoms with E-state index >= 15 is 0 Å². The van der Waals surface area contributed by atoms with Gasteiger partial charge in [-0.1, -0.05) is 13.8 Å². The Labute approximate surface area is 185 Å². The van der Waals surface area contributed by atoms with Gasteiger partial charge in [0.1, 0.15) is 5.82 Å². The summed E-state index contributed by atoms with van der Waals surface area (Å²) in [7, 11) is 0. The number of nitrogens with zero attached hydrogens (tertiary/aromatic N) is 4. The number of rotatable bonds is 11. The monoisotopic (exact) mass is 432 g/mol. The molecule has 8 heteroatoms. The number of pyridine rings is 1. The highest BCUT2D eigenvalue weighted by Gasteiger charge is 2.22. The molecular formula is C23H36N4O4. The number of carbonyl (C=O) groups is 3.